The first-order valence-electron chi connectivity index (χ1n) is 5.20. The van der Waals surface area contributed by atoms with Crippen molar-refractivity contribution in [3.8, 4) is 0 Å². The van der Waals surface area contributed by atoms with Crippen LogP contribution in [-0.4, -0.2) is 23.6 Å². The summed E-state index contributed by atoms with van der Waals surface area (Å²) >= 11 is 1.63. The molecule has 2 saturated heterocycles. The number of ether oxygens (including phenoxy) is 1. The van der Waals surface area contributed by atoms with Gasteiger partial charge in [0, 0.05) is 10.3 Å². The fraction of sp³-hybridized carbons (Fsp3) is 0.250. The topological polar surface area (TPSA) is 29.5 Å². The van der Waals surface area contributed by atoms with Gasteiger partial charge in [-0.05, 0) is 12.1 Å². The smallest absolute Gasteiger partial charge is 0.231 e. The number of benzene rings is 1. The average molecular weight is 233 g/mol. The molecule has 3 nitrogen and oxygen atoms in total. The van der Waals surface area contributed by atoms with E-state index >= 15 is 0 Å². The molecule has 2 fully saturated rings. The van der Waals surface area contributed by atoms with Crippen molar-refractivity contribution in [1.29, 1.82) is 0 Å². The number of hydrogen-bond acceptors (Lipinski definition) is 3. The molecule has 0 bridgehead atoms. The summed E-state index contributed by atoms with van der Waals surface area (Å²) in [5.41, 5.74) is 0. The summed E-state index contributed by atoms with van der Waals surface area (Å²) in [7, 11) is 0. The Bertz CT molecular complexity index is 444. The minimum Gasteiger partial charge on any atom is -0.472 e. The van der Waals surface area contributed by atoms with Crippen LogP contribution in [0.2, 0.25) is 0 Å². The number of hydrogen-bond donors (Lipinski definition) is 0. The first kappa shape index (κ1) is 9.78. The molecule has 1 atom stereocenters. The average Bonchev–Trinajstić information content (AvgIpc) is 2.65. The second kappa shape index (κ2) is 3.87. The fourth-order valence-corrected chi connectivity index (χ4v) is 2.51. The maximum Gasteiger partial charge on any atom is 0.231 e. The molecule has 1 amide bonds. The largest absolute Gasteiger partial charge is 0.472 e. The minimum absolute atomic E-state index is 0.00937. The maximum absolute atomic E-state index is 11.1. The van der Waals surface area contributed by atoms with E-state index in [0.29, 0.717) is 13.0 Å². The van der Waals surface area contributed by atoms with Gasteiger partial charge < -0.3 is 4.74 Å². The standard InChI is InChI=1S/C12H11NO2S/c14-11-6-12-13(11)7-9(15-12)8-16-10-4-2-1-3-5-10/h1-5,8,12H,6-7H2/t12-/m1/s1. The first-order chi connectivity index (χ1) is 7.83. The lowest BCUT2D eigenvalue weighted by molar-refractivity contribution is -0.153. The van der Waals surface area contributed by atoms with Gasteiger partial charge in [0.25, 0.3) is 0 Å². The summed E-state index contributed by atoms with van der Waals surface area (Å²) in [6, 6.07) is 10.1. The number of nitrogens with zero attached hydrogens (tertiary/aromatic N) is 1. The van der Waals surface area contributed by atoms with Crippen LogP contribution in [0.5, 0.6) is 0 Å². The number of carbonyl (C=O) groups excluding carboxylic acids is 1. The lowest BCUT2D eigenvalue weighted by Crippen LogP contribution is -2.48. The van der Waals surface area contributed by atoms with E-state index in [0.717, 1.165) is 5.76 Å². The van der Waals surface area contributed by atoms with E-state index < -0.39 is 0 Å². The molecular formula is C12H11NO2S. The van der Waals surface area contributed by atoms with Crippen molar-refractivity contribution < 1.29 is 9.53 Å². The number of amides is 1. The normalized spacial score (nSPS) is 25.2. The van der Waals surface area contributed by atoms with Crippen LogP contribution in [0.25, 0.3) is 0 Å². The Morgan fingerprint density at radius 1 is 1.38 bits per heavy atom. The summed E-state index contributed by atoms with van der Waals surface area (Å²) in [5, 5.41) is 1.99. The Balaban J connectivity index is 1.65. The summed E-state index contributed by atoms with van der Waals surface area (Å²) in [6.45, 7) is 0.628. The van der Waals surface area contributed by atoms with Crippen molar-refractivity contribution >= 4 is 17.7 Å². The summed E-state index contributed by atoms with van der Waals surface area (Å²) in [5.74, 6) is 1.09. The van der Waals surface area contributed by atoms with E-state index in [4.69, 9.17) is 4.74 Å². The van der Waals surface area contributed by atoms with Gasteiger partial charge in [-0.3, -0.25) is 9.69 Å². The third kappa shape index (κ3) is 1.69. The molecule has 82 valence electrons. The number of rotatable bonds is 2. The molecule has 2 aliphatic heterocycles. The lowest BCUT2D eigenvalue weighted by atomic mass is 10.2. The monoisotopic (exact) mass is 233 g/mol. The fourth-order valence-electron chi connectivity index (χ4n) is 1.80. The van der Waals surface area contributed by atoms with E-state index in [-0.39, 0.29) is 12.1 Å². The van der Waals surface area contributed by atoms with E-state index in [1.54, 1.807) is 16.7 Å². The Morgan fingerprint density at radius 2 is 2.19 bits per heavy atom. The Morgan fingerprint density at radius 3 is 2.88 bits per heavy atom. The van der Waals surface area contributed by atoms with Crippen LogP contribution in [0.15, 0.2) is 46.4 Å². The Labute approximate surface area is 98.1 Å². The van der Waals surface area contributed by atoms with E-state index in [9.17, 15) is 4.79 Å². The van der Waals surface area contributed by atoms with Crippen LogP contribution in [0.1, 0.15) is 6.42 Å². The van der Waals surface area contributed by atoms with Crippen molar-refractivity contribution in [3.63, 3.8) is 0 Å². The summed E-state index contributed by atoms with van der Waals surface area (Å²) in [6.07, 6.45) is 0.544. The summed E-state index contributed by atoms with van der Waals surface area (Å²) < 4.78 is 5.60. The van der Waals surface area contributed by atoms with Gasteiger partial charge in [-0.25, -0.2) is 0 Å². The number of fused-ring (bicyclic) bond motifs is 1. The molecule has 0 spiro atoms. The zero-order chi connectivity index (χ0) is 11.0. The highest BCUT2D eigenvalue weighted by Gasteiger charge is 2.43. The van der Waals surface area contributed by atoms with E-state index in [1.165, 1.54) is 4.90 Å². The molecule has 4 heteroatoms. The van der Waals surface area contributed by atoms with Gasteiger partial charge in [-0.2, -0.15) is 0 Å². The van der Waals surface area contributed by atoms with Crippen molar-refractivity contribution in [3.05, 3.63) is 41.5 Å². The third-order valence-corrected chi connectivity index (χ3v) is 3.63. The van der Waals surface area contributed by atoms with Crippen LogP contribution in [0, 0.1) is 0 Å². The van der Waals surface area contributed by atoms with Gasteiger partial charge in [-0.1, -0.05) is 30.0 Å². The molecule has 2 aliphatic rings. The van der Waals surface area contributed by atoms with Gasteiger partial charge >= 0.3 is 0 Å². The predicted molar refractivity (Wildman–Crippen MR) is 61.6 cm³/mol. The van der Waals surface area contributed by atoms with Crippen LogP contribution in [0.3, 0.4) is 0 Å². The zero-order valence-electron chi connectivity index (χ0n) is 8.63. The lowest BCUT2D eigenvalue weighted by Gasteiger charge is -2.30. The highest BCUT2D eigenvalue weighted by atomic mass is 32.2. The molecule has 0 aliphatic carbocycles. The summed E-state index contributed by atoms with van der Waals surface area (Å²) in [4.78, 5) is 14.1. The third-order valence-electron chi connectivity index (χ3n) is 2.70. The van der Waals surface area contributed by atoms with Crippen LogP contribution in [0.4, 0.5) is 0 Å². The van der Waals surface area contributed by atoms with Crippen LogP contribution in [-0.2, 0) is 9.53 Å². The second-order valence-electron chi connectivity index (χ2n) is 3.81. The predicted octanol–water partition coefficient (Wildman–Crippen LogP) is 2.21. The molecule has 0 saturated carbocycles. The molecule has 16 heavy (non-hydrogen) atoms. The molecule has 0 N–H and O–H groups in total. The van der Waals surface area contributed by atoms with E-state index in [2.05, 4.69) is 12.1 Å². The highest BCUT2D eigenvalue weighted by Crippen LogP contribution is 2.32. The van der Waals surface area contributed by atoms with Gasteiger partial charge in [0.1, 0.15) is 5.76 Å². The second-order valence-corrected chi connectivity index (χ2v) is 4.76. The SMILES string of the molecule is O=C1C[C@H]2OC(=CSc3ccccc3)CN12. The van der Waals surface area contributed by atoms with Crippen molar-refractivity contribution in [2.24, 2.45) is 0 Å². The minimum atomic E-state index is 0.00937. The first-order valence-corrected chi connectivity index (χ1v) is 6.08. The molecule has 0 aromatic heterocycles. The van der Waals surface area contributed by atoms with Gasteiger partial charge in [-0.15, -0.1) is 0 Å². The Hall–Kier alpha value is -1.42. The Kier molecular flexibility index (Phi) is 2.36. The maximum atomic E-state index is 11.1. The van der Waals surface area contributed by atoms with Crippen molar-refractivity contribution in [1.82, 2.24) is 4.90 Å². The van der Waals surface area contributed by atoms with Gasteiger partial charge in [0.2, 0.25) is 5.91 Å². The van der Waals surface area contributed by atoms with Crippen LogP contribution < -0.4 is 0 Å². The van der Waals surface area contributed by atoms with Gasteiger partial charge in [0.05, 0.1) is 13.0 Å². The van der Waals surface area contributed by atoms with Crippen molar-refractivity contribution in [2.75, 3.05) is 6.54 Å². The van der Waals surface area contributed by atoms with Gasteiger partial charge in [0.15, 0.2) is 6.23 Å². The molecular weight excluding hydrogens is 222 g/mol. The zero-order valence-corrected chi connectivity index (χ0v) is 9.44. The number of β-lactam (4-membered cyclic amide) rings is 1. The number of carbonyl (C=O) groups is 1. The number of thioether (sulfide) groups is 1. The molecule has 1 aromatic rings. The molecule has 3 rings (SSSR count). The molecule has 0 unspecified atom stereocenters. The molecule has 1 aromatic carbocycles. The van der Waals surface area contributed by atoms with E-state index in [1.807, 2.05) is 23.6 Å². The van der Waals surface area contributed by atoms with Crippen LogP contribution >= 0.6 is 11.8 Å². The molecule has 2 heterocycles. The quantitative estimate of drug-likeness (QED) is 0.579. The van der Waals surface area contributed by atoms with Crippen molar-refractivity contribution in [2.45, 2.75) is 17.5 Å². The highest BCUT2D eigenvalue weighted by molar-refractivity contribution is 8.02. The molecule has 0 radical (unpaired) electrons.